The van der Waals surface area contributed by atoms with Crippen molar-refractivity contribution in [3.05, 3.63) is 81.7 Å². The quantitative estimate of drug-likeness (QED) is 0.856. The number of halogens is 1. The molecule has 2 heterocycles. The Hall–Kier alpha value is -2.90. The number of hydrogen-bond acceptors (Lipinski definition) is 4. The average Bonchev–Trinajstić information content (AvgIpc) is 2.60. The molecule has 0 fully saturated rings. The second-order valence-corrected chi connectivity index (χ2v) is 6.06. The van der Waals surface area contributed by atoms with Gasteiger partial charge in [0.1, 0.15) is 29.8 Å². The van der Waals surface area contributed by atoms with Gasteiger partial charge in [0.15, 0.2) is 0 Å². The van der Waals surface area contributed by atoms with E-state index in [0.29, 0.717) is 23.0 Å². The van der Waals surface area contributed by atoms with Crippen LogP contribution in [0.4, 0.5) is 0 Å². The molecular weight excluding hydrogens is 324 g/mol. The number of hydrogen-bond donors (Lipinski definition) is 1. The van der Waals surface area contributed by atoms with Crippen LogP contribution in [-0.2, 0) is 4.74 Å². The lowest BCUT2D eigenvalue weighted by Gasteiger charge is -2.32. The zero-order valence-corrected chi connectivity index (χ0v) is 13.4. The maximum atomic E-state index is 9.58. The lowest BCUT2D eigenvalue weighted by Crippen LogP contribution is -2.26. The third-order valence-electron chi connectivity index (χ3n) is 4.22. The molecule has 0 spiro atoms. The SMILES string of the molecule is N#CC1=C(N)OC2=C(COc3ccccc32)[C@@H]1c1cccc(Cl)c1. The van der Waals surface area contributed by atoms with Crippen molar-refractivity contribution in [3.8, 4) is 11.8 Å². The molecule has 0 amide bonds. The Bertz CT molecular complexity index is 940. The molecule has 118 valence electrons. The summed E-state index contributed by atoms with van der Waals surface area (Å²) < 4.78 is 11.7. The number of rotatable bonds is 1. The number of nitriles is 1. The van der Waals surface area contributed by atoms with Crippen LogP contribution in [0, 0.1) is 11.3 Å². The number of para-hydroxylation sites is 1. The molecule has 0 saturated heterocycles. The van der Waals surface area contributed by atoms with Crippen LogP contribution in [0.15, 0.2) is 65.6 Å². The van der Waals surface area contributed by atoms with Crippen molar-refractivity contribution in [2.75, 3.05) is 6.61 Å². The van der Waals surface area contributed by atoms with Crippen LogP contribution in [0.5, 0.6) is 5.75 Å². The summed E-state index contributed by atoms with van der Waals surface area (Å²) >= 11 is 6.14. The van der Waals surface area contributed by atoms with E-state index in [-0.39, 0.29) is 11.8 Å². The van der Waals surface area contributed by atoms with Crippen molar-refractivity contribution in [2.24, 2.45) is 5.73 Å². The first kappa shape index (κ1) is 14.7. The molecule has 1 atom stereocenters. The fourth-order valence-corrected chi connectivity index (χ4v) is 3.36. The van der Waals surface area contributed by atoms with Crippen LogP contribution < -0.4 is 10.5 Å². The predicted octanol–water partition coefficient (Wildman–Crippen LogP) is 3.95. The van der Waals surface area contributed by atoms with Gasteiger partial charge in [0, 0.05) is 10.6 Å². The summed E-state index contributed by atoms with van der Waals surface area (Å²) in [4.78, 5) is 0. The van der Waals surface area contributed by atoms with Crippen LogP contribution >= 0.6 is 11.6 Å². The van der Waals surface area contributed by atoms with Crippen molar-refractivity contribution in [1.29, 1.82) is 5.26 Å². The molecule has 4 nitrogen and oxygen atoms in total. The van der Waals surface area contributed by atoms with Gasteiger partial charge in [0.05, 0.1) is 11.5 Å². The summed E-state index contributed by atoms with van der Waals surface area (Å²) in [6, 6.07) is 17.2. The molecule has 2 aromatic rings. The standard InChI is InChI=1S/C19H13ClN2O2/c20-12-5-3-4-11(8-12)17-14(9-21)19(22)24-18-13-6-1-2-7-16(13)23-10-15(17)18/h1-8,17H,10,22H2/t17-/m1/s1. The third-order valence-corrected chi connectivity index (χ3v) is 4.46. The zero-order valence-electron chi connectivity index (χ0n) is 12.6. The summed E-state index contributed by atoms with van der Waals surface area (Å²) in [5, 5.41) is 10.2. The molecule has 0 saturated carbocycles. The Labute approximate surface area is 144 Å². The van der Waals surface area contributed by atoms with Gasteiger partial charge in [0.2, 0.25) is 5.88 Å². The fraction of sp³-hybridized carbons (Fsp3) is 0.105. The molecule has 2 N–H and O–H groups in total. The van der Waals surface area contributed by atoms with Crippen molar-refractivity contribution in [1.82, 2.24) is 0 Å². The van der Waals surface area contributed by atoms with Gasteiger partial charge in [-0.1, -0.05) is 35.9 Å². The Morgan fingerprint density at radius 3 is 2.79 bits per heavy atom. The third kappa shape index (κ3) is 2.22. The summed E-state index contributed by atoms with van der Waals surface area (Å²) in [5.41, 5.74) is 9.03. The fourth-order valence-electron chi connectivity index (χ4n) is 3.16. The predicted molar refractivity (Wildman–Crippen MR) is 91.0 cm³/mol. The molecule has 0 aromatic heterocycles. The van der Waals surface area contributed by atoms with Crippen molar-refractivity contribution < 1.29 is 9.47 Å². The van der Waals surface area contributed by atoms with Crippen LogP contribution in [-0.4, -0.2) is 6.61 Å². The van der Waals surface area contributed by atoms with Crippen LogP contribution in [0.2, 0.25) is 5.02 Å². The van der Waals surface area contributed by atoms with E-state index < -0.39 is 0 Å². The number of ether oxygens (including phenoxy) is 2. The molecule has 5 heteroatoms. The van der Waals surface area contributed by atoms with Crippen LogP contribution in [0.3, 0.4) is 0 Å². The lowest BCUT2D eigenvalue weighted by atomic mass is 9.81. The molecule has 0 radical (unpaired) electrons. The minimum absolute atomic E-state index is 0.123. The van der Waals surface area contributed by atoms with E-state index in [1.54, 1.807) is 6.07 Å². The Morgan fingerprint density at radius 2 is 2.00 bits per heavy atom. The number of allylic oxidation sites excluding steroid dienone is 1. The average molecular weight is 337 g/mol. The van der Waals surface area contributed by atoms with Crippen molar-refractivity contribution in [2.45, 2.75) is 5.92 Å². The lowest BCUT2D eigenvalue weighted by molar-refractivity contribution is 0.294. The molecule has 0 unspecified atom stereocenters. The van der Waals surface area contributed by atoms with E-state index >= 15 is 0 Å². The summed E-state index contributed by atoms with van der Waals surface area (Å²) in [6.07, 6.45) is 0. The zero-order chi connectivity index (χ0) is 16.7. The first-order valence-electron chi connectivity index (χ1n) is 7.47. The molecule has 24 heavy (non-hydrogen) atoms. The van der Waals surface area contributed by atoms with Gasteiger partial charge >= 0.3 is 0 Å². The normalized spacial score (nSPS) is 18.9. The second kappa shape index (κ2) is 5.63. The maximum absolute atomic E-state index is 9.58. The van der Waals surface area contributed by atoms with E-state index in [9.17, 15) is 5.26 Å². The molecule has 4 rings (SSSR count). The summed E-state index contributed by atoms with van der Waals surface area (Å²) in [6.45, 7) is 0.335. The van der Waals surface area contributed by atoms with Gasteiger partial charge in [-0.05, 0) is 29.8 Å². The van der Waals surface area contributed by atoms with E-state index in [0.717, 1.165) is 22.4 Å². The van der Waals surface area contributed by atoms with E-state index in [4.69, 9.17) is 26.8 Å². The Morgan fingerprint density at radius 1 is 1.17 bits per heavy atom. The highest BCUT2D eigenvalue weighted by molar-refractivity contribution is 6.30. The van der Waals surface area contributed by atoms with E-state index in [1.165, 1.54) is 0 Å². The maximum Gasteiger partial charge on any atom is 0.205 e. The molecule has 2 aliphatic rings. The highest BCUT2D eigenvalue weighted by atomic mass is 35.5. The highest BCUT2D eigenvalue weighted by Gasteiger charge is 2.36. The molecule has 2 aromatic carbocycles. The van der Waals surface area contributed by atoms with Gasteiger partial charge in [0.25, 0.3) is 0 Å². The molecule has 2 aliphatic heterocycles. The van der Waals surface area contributed by atoms with Crippen molar-refractivity contribution >= 4 is 17.4 Å². The van der Waals surface area contributed by atoms with Gasteiger partial charge < -0.3 is 15.2 Å². The summed E-state index contributed by atoms with van der Waals surface area (Å²) in [7, 11) is 0. The largest absolute Gasteiger partial charge is 0.488 e. The molecule has 0 aliphatic carbocycles. The topological polar surface area (TPSA) is 68.3 Å². The number of nitrogens with zero attached hydrogens (tertiary/aromatic N) is 1. The monoisotopic (exact) mass is 336 g/mol. The molecular formula is C19H13ClN2O2. The number of benzene rings is 2. The summed E-state index contributed by atoms with van der Waals surface area (Å²) in [5.74, 6) is 1.20. The van der Waals surface area contributed by atoms with Gasteiger partial charge in [-0.25, -0.2) is 0 Å². The minimum Gasteiger partial charge on any atom is -0.488 e. The first-order chi connectivity index (χ1) is 11.7. The van der Waals surface area contributed by atoms with Crippen LogP contribution in [0.1, 0.15) is 17.0 Å². The first-order valence-corrected chi connectivity index (χ1v) is 7.85. The minimum atomic E-state index is -0.328. The second-order valence-electron chi connectivity index (χ2n) is 5.62. The number of fused-ring (bicyclic) bond motifs is 2. The highest BCUT2D eigenvalue weighted by Crippen LogP contribution is 2.46. The smallest absolute Gasteiger partial charge is 0.205 e. The Kier molecular flexibility index (Phi) is 3.44. The number of nitrogens with two attached hydrogens (primary N) is 1. The van der Waals surface area contributed by atoms with Gasteiger partial charge in [-0.3, -0.25) is 0 Å². The van der Waals surface area contributed by atoms with E-state index in [2.05, 4.69) is 6.07 Å². The molecule has 0 bridgehead atoms. The van der Waals surface area contributed by atoms with Gasteiger partial charge in [-0.2, -0.15) is 5.26 Å². The van der Waals surface area contributed by atoms with Crippen LogP contribution in [0.25, 0.3) is 5.76 Å². The van der Waals surface area contributed by atoms with Crippen molar-refractivity contribution in [3.63, 3.8) is 0 Å². The van der Waals surface area contributed by atoms with E-state index in [1.807, 2.05) is 42.5 Å². The Balaban J connectivity index is 1.93. The van der Waals surface area contributed by atoms with Gasteiger partial charge in [-0.15, -0.1) is 0 Å².